The van der Waals surface area contributed by atoms with Crippen molar-refractivity contribution in [2.24, 2.45) is 5.92 Å². The Morgan fingerprint density at radius 1 is 1.20 bits per heavy atom. The minimum absolute atomic E-state index is 0.0553. The highest BCUT2D eigenvalue weighted by molar-refractivity contribution is 5.91. The van der Waals surface area contributed by atoms with Crippen molar-refractivity contribution in [3.63, 3.8) is 0 Å². The largest absolute Gasteiger partial charge is 0.378 e. The molecule has 2 aliphatic rings. The van der Waals surface area contributed by atoms with Crippen LogP contribution in [0.1, 0.15) is 48.4 Å². The molecule has 0 fully saturated rings. The molecule has 1 aliphatic carbocycles. The van der Waals surface area contributed by atoms with Crippen LogP contribution in [0, 0.1) is 12.8 Å². The first-order valence-electron chi connectivity index (χ1n) is 9.09. The molecule has 25 heavy (non-hydrogen) atoms. The molecule has 3 atom stereocenters. The molecule has 2 N–H and O–H groups in total. The van der Waals surface area contributed by atoms with Gasteiger partial charge in [0, 0.05) is 23.7 Å². The molecule has 2 aromatic rings. The van der Waals surface area contributed by atoms with E-state index in [4.69, 9.17) is 0 Å². The van der Waals surface area contributed by atoms with Gasteiger partial charge >= 0.3 is 0 Å². The Balaban J connectivity index is 1.68. The molecular formula is C22H24N2O. The second-order valence-electron chi connectivity index (χ2n) is 7.09. The number of hydrogen-bond donors (Lipinski definition) is 2. The van der Waals surface area contributed by atoms with Crippen molar-refractivity contribution in [1.82, 2.24) is 0 Å². The molecule has 0 saturated carbocycles. The van der Waals surface area contributed by atoms with Crippen molar-refractivity contribution < 1.29 is 4.79 Å². The third kappa shape index (κ3) is 2.95. The number of anilines is 2. The second-order valence-corrected chi connectivity index (χ2v) is 7.09. The lowest BCUT2D eigenvalue weighted by atomic mass is 9.77. The molecule has 3 nitrogen and oxygen atoms in total. The van der Waals surface area contributed by atoms with Crippen molar-refractivity contribution in [3.8, 4) is 0 Å². The second kappa shape index (κ2) is 6.40. The fraction of sp³-hybridized carbons (Fsp3) is 0.318. The summed E-state index contributed by atoms with van der Waals surface area (Å²) in [7, 11) is 0. The van der Waals surface area contributed by atoms with E-state index in [1.54, 1.807) is 0 Å². The van der Waals surface area contributed by atoms with Crippen molar-refractivity contribution in [1.29, 1.82) is 0 Å². The Hall–Kier alpha value is -2.55. The number of hydrogen-bond acceptors (Lipinski definition) is 2. The van der Waals surface area contributed by atoms with E-state index < -0.39 is 0 Å². The molecule has 1 amide bonds. The Kier molecular flexibility index (Phi) is 4.08. The first-order chi connectivity index (χ1) is 12.2. The van der Waals surface area contributed by atoms with Crippen LogP contribution in [-0.2, 0) is 4.79 Å². The lowest BCUT2D eigenvalue weighted by Gasteiger charge is -2.37. The zero-order chi connectivity index (χ0) is 17.4. The van der Waals surface area contributed by atoms with Gasteiger partial charge in [0.15, 0.2) is 0 Å². The number of carbonyl (C=O) groups excluding carboxylic acids is 1. The highest BCUT2D eigenvalue weighted by atomic mass is 16.1. The maximum Gasteiger partial charge on any atom is 0.224 e. The van der Waals surface area contributed by atoms with Gasteiger partial charge in [-0.25, -0.2) is 0 Å². The third-order valence-corrected chi connectivity index (χ3v) is 5.40. The number of fused-ring (bicyclic) bond motifs is 3. The minimum atomic E-state index is 0.0553. The molecule has 0 bridgehead atoms. The molecule has 1 aliphatic heterocycles. The van der Waals surface area contributed by atoms with Gasteiger partial charge in [-0.2, -0.15) is 0 Å². The quantitative estimate of drug-likeness (QED) is 0.761. The molecule has 4 rings (SSSR count). The molecule has 3 unspecified atom stereocenters. The van der Waals surface area contributed by atoms with Crippen LogP contribution in [0.2, 0.25) is 0 Å². The van der Waals surface area contributed by atoms with Crippen molar-refractivity contribution in [2.45, 2.75) is 38.6 Å². The van der Waals surface area contributed by atoms with Crippen LogP contribution in [0.4, 0.5) is 11.4 Å². The summed E-state index contributed by atoms with van der Waals surface area (Å²) in [5, 5.41) is 6.73. The first kappa shape index (κ1) is 15.9. The molecular weight excluding hydrogens is 308 g/mol. The molecule has 1 heterocycles. The van der Waals surface area contributed by atoms with Gasteiger partial charge in [0.2, 0.25) is 5.91 Å². The van der Waals surface area contributed by atoms with Crippen LogP contribution in [0.5, 0.6) is 0 Å². The van der Waals surface area contributed by atoms with E-state index in [0.29, 0.717) is 24.3 Å². The van der Waals surface area contributed by atoms with Crippen LogP contribution in [0.15, 0.2) is 54.6 Å². The van der Waals surface area contributed by atoms with E-state index in [2.05, 4.69) is 66.1 Å². The van der Waals surface area contributed by atoms with E-state index in [0.717, 1.165) is 12.1 Å². The monoisotopic (exact) mass is 332 g/mol. The maximum absolute atomic E-state index is 11.7. The number of allylic oxidation sites excluding steroid dienone is 2. The van der Waals surface area contributed by atoms with Gasteiger partial charge in [0.1, 0.15) is 0 Å². The summed E-state index contributed by atoms with van der Waals surface area (Å²) in [6, 6.07) is 15.4. The number of benzene rings is 2. The van der Waals surface area contributed by atoms with Crippen molar-refractivity contribution in [3.05, 3.63) is 71.3 Å². The molecule has 128 valence electrons. The molecule has 2 aromatic carbocycles. The highest BCUT2D eigenvalue weighted by Gasteiger charge is 2.37. The fourth-order valence-corrected chi connectivity index (χ4v) is 4.03. The van der Waals surface area contributed by atoms with E-state index in [1.165, 1.54) is 22.4 Å². The molecule has 0 aromatic heterocycles. The van der Waals surface area contributed by atoms with Crippen LogP contribution in [0.25, 0.3) is 0 Å². The average molecular weight is 332 g/mol. The van der Waals surface area contributed by atoms with Gasteiger partial charge in [-0.1, -0.05) is 48.9 Å². The molecule has 3 heteroatoms. The van der Waals surface area contributed by atoms with E-state index >= 15 is 0 Å². The highest BCUT2D eigenvalue weighted by Crippen LogP contribution is 2.50. The Morgan fingerprint density at radius 3 is 2.76 bits per heavy atom. The van der Waals surface area contributed by atoms with Gasteiger partial charge in [-0.3, -0.25) is 4.79 Å². The van der Waals surface area contributed by atoms with Gasteiger partial charge in [-0.05, 0) is 48.6 Å². The van der Waals surface area contributed by atoms with Crippen LogP contribution >= 0.6 is 0 Å². The number of nitrogens with one attached hydrogen (secondary N) is 2. The maximum atomic E-state index is 11.7. The number of aryl methyl sites for hydroxylation is 1. The Morgan fingerprint density at radius 2 is 2.00 bits per heavy atom. The van der Waals surface area contributed by atoms with E-state index in [9.17, 15) is 4.79 Å². The zero-order valence-corrected chi connectivity index (χ0v) is 14.8. The third-order valence-electron chi connectivity index (χ3n) is 5.40. The first-order valence-corrected chi connectivity index (χ1v) is 9.09. The average Bonchev–Trinajstić information content (AvgIpc) is 3.12. The number of carbonyl (C=O) groups is 1. The van der Waals surface area contributed by atoms with Gasteiger partial charge in [-0.15, -0.1) is 0 Å². The molecule has 0 spiro atoms. The zero-order valence-electron chi connectivity index (χ0n) is 14.8. The summed E-state index contributed by atoms with van der Waals surface area (Å²) in [6.45, 7) is 4.00. The van der Waals surface area contributed by atoms with Gasteiger partial charge < -0.3 is 10.6 Å². The summed E-state index contributed by atoms with van der Waals surface area (Å²) in [5.74, 6) is 0.980. The molecule has 0 radical (unpaired) electrons. The number of rotatable bonds is 3. The van der Waals surface area contributed by atoms with E-state index in [1.807, 2.05) is 13.0 Å². The van der Waals surface area contributed by atoms with Crippen LogP contribution in [-0.4, -0.2) is 5.91 Å². The summed E-state index contributed by atoms with van der Waals surface area (Å²) in [4.78, 5) is 11.7. The summed E-state index contributed by atoms with van der Waals surface area (Å²) in [5.41, 5.74) is 5.99. The molecule has 0 saturated heterocycles. The summed E-state index contributed by atoms with van der Waals surface area (Å²) < 4.78 is 0. The SMILES string of the molecule is CCC(=O)Nc1ccc2c(c1)C1C=CCC1C(c1ccc(C)cc1)N2. The normalized spacial score (nSPS) is 23.5. The lowest BCUT2D eigenvalue weighted by molar-refractivity contribution is -0.115. The van der Waals surface area contributed by atoms with Gasteiger partial charge in [0.25, 0.3) is 0 Å². The Labute approximate surface area is 149 Å². The minimum Gasteiger partial charge on any atom is -0.378 e. The van der Waals surface area contributed by atoms with Crippen LogP contribution < -0.4 is 10.6 Å². The smallest absolute Gasteiger partial charge is 0.224 e. The van der Waals surface area contributed by atoms with Gasteiger partial charge in [0.05, 0.1) is 6.04 Å². The predicted octanol–water partition coefficient (Wildman–Crippen LogP) is 5.17. The Bertz CT molecular complexity index is 822. The summed E-state index contributed by atoms with van der Waals surface area (Å²) >= 11 is 0. The fourth-order valence-electron chi connectivity index (χ4n) is 4.03. The van der Waals surface area contributed by atoms with Crippen molar-refractivity contribution >= 4 is 17.3 Å². The van der Waals surface area contributed by atoms with Crippen molar-refractivity contribution in [2.75, 3.05) is 10.6 Å². The lowest BCUT2D eigenvalue weighted by Crippen LogP contribution is -2.29. The van der Waals surface area contributed by atoms with E-state index in [-0.39, 0.29) is 5.91 Å². The van der Waals surface area contributed by atoms with Crippen LogP contribution in [0.3, 0.4) is 0 Å². The number of amides is 1. The summed E-state index contributed by atoms with van der Waals surface area (Å²) in [6.07, 6.45) is 6.21. The standard InChI is InChI=1S/C22H24N2O/c1-3-21(25)23-16-11-12-20-19(13-16)17-5-4-6-18(17)22(24-20)15-9-7-14(2)8-10-15/h4-5,7-13,17-18,22,24H,3,6H2,1-2H3,(H,23,25). The predicted molar refractivity (Wildman–Crippen MR) is 103 cm³/mol. The topological polar surface area (TPSA) is 41.1 Å².